The van der Waals surface area contributed by atoms with E-state index in [1.54, 1.807) is 50.6 Å². The van der Waals surface area contributed by atoms with Gasteiger partial charge >= 0.3 is 11.9 Å². The zero-order valence-corrected chi connectivity index (χ0v) is 32.2. The van der Waals surface area contributed by atoms with E-state index in [-0.39, 0.29) is 23.6 Å². The number of carbonyl (C=O) groups is 2. The number of anilines is 1. The van der Waals surface area contributed by atoms with Crippen LogP contribution in [0.25, 0.3) is 22.1 Å². The fraction of sp³-hybridized carbons (Fsp3) is 0.243. The molecule has 3 N–H and O–H groups in total. The Hall–Kier alpha value is -5.16. The summed E-state index contributed by atoms with van der Waals surface area (Å²) < 4.78 is 20.7. The number of imidazole rings is 2. The SMILES string of the molecule is COCCn1c(Cc2ccc(Br)cc2N)nc2ccc(C(=O)OC)cc21.COCCn1c(Cc2ccc(Br)cc2[N+](=O)[O-])nc2ccc(C(=O)O)cc21. The summed E-state index contributed by atoms with van der Waals surface area (Å²) in [7, 11) is 4.60. The number of nitrogens with zero attached hydrogens (tertiary/aromatic N) is 5. The first-order valence-electron chi connectivity index (χ1n) is 16.2. The fourth-order valence-corrected chi connectivity index (χ4v) is 6.51. The molecule has 2 heterocycles. The molecule has 0 radical (unpaired) electrons. The van der Waals surface area contributed by atoms with Crippen LogP contribution >= 0.6 is 31.9 Å². The lowest BCUT2D eigenvalue weighted by Gasteiger charge is -2.11. The van der Waals surface area contributed by atoms with Gasteiger partial charge in [0.05, 0.1) is 58.4 Å². The minimum atomic E-state index is -1.03. The molecule has 0 amide bonds. The van der Waals surface area contributed by atoms with Crippen molar-refractivity contribution in [1.29, 1.82) is 0 Å². The van der Waals surface area contributed by atoms with Gasteiger partial charge in [-0.25, -0.2) is 19.6 Å². The van der Waals surface area contributed by atoms with E-state index in [1.165, 1.54) is 19.2 Å². The normalized spacial score (nSPS) is 11.0. The quantitative estimate of drug-likeness (QED) is 0.0525. The van der Waals surface area contributed by atoms with Gasteiger partial charge in [0.25, 0.3) is 5.69 Å². The molecule has 0 aliphatic carbocycles. The minimum Gasteiger partial charge on any atom is -0.478 e. The number of ether oxygens (including phenoxy) is 3. The Kier molecular flexibility index (Phi) is 12.9. The van der Waals surface area contributed by atoms with Crippen molar-refractivity contribution in [2.24, 2.45) is 0 Å². The third-order valence-electron chi connectivity index (χ3n) is 8.41. The second-order valence-electron chi connectivity index (χ2n) is 11.8. The van der Waals surface area contributed by atoms with Crippen molar-refractivity contribution >= 4 is 77.2 Å². The van der Waals surface area contributed by atoms with Gasteiger partial charge in [-0.1, -0.05) is 44.0 Å². The molecule has 14 nitrogen and oxygen atoms in total. The molecule has 6 rings (SSSR count). The highest BCUT2D eigenvalue weighted by molar-refractivity contribution is 9.10. The minimum absolute atomic E-state index is 0.000877. The molecule has 0 bridgehead atoms. The van der Waals surface area contributed by atoms with Crippen molar-refractivity contribution in [2.45, 2.75) is 25.9 Å². The second kappa shape index (κ2) is 17.6. The molecule has 6 aromatic rings. The zero-order valence-electron chi connectivity index (χ0n) is 29.0. The van der Waals surface area contributed by atoms with Crippen molar-refractivity contribution < 1.29 is 33.8 Å². The highest BCUT2D eigenvalue weighted by Gasteiger charge is 2.20. The van der Waals surface area contributed by atoms with Crippen molar-refractivity contribution in [3.8, 4) is 0 Å². The van der Waals surface area contributed by atoms with E-state index in [0.29, 0.717) is 70.9 Å². The lowest BCUT2D eigenvalue weighted by atomic mass is 10.1. The molecule has 53 heavy (non-hydrogen) atoms. The Labute approximate surface area is 320 Å². The average Bonchev–Trinajstić information content (AvgIpc) is 3.66. The number of nitro benzene ring substituents is 1. The summed E-state index contributed by atoms with van der Waals surface area (Å²) >= 11 is 6.68. The number of benzene rings is 4. The highest BCUT2D eigenvalue weighted by atomic mass is 79.9. The summed E-state index contributed by atoms with van der Waals surface area (Å²) in [5.74, 6) is 0.0784. The Morgan fingerprint density at radius 1 is 0.774 bits per heavy atom. The Morgan fingerprint density at radius 3 is 1.79 bits per heavy atom. The van der Waals surface area contributed by atoms with E-state index in [1.807, 2.05) is 28.8 Å². The summed E-state index contributed by atoms with van der Waals surface area (Å²) in [6, 6.07) is 20.8. The summed E-state index contributed by atoms with van der Waals surface area (Å²) in [6.45, 7) is 2.02. The third-order valence-corrected chi connectivity index (χ3v) is 9.40. The summed E-state index contributed by atoms with van der Waals surface area (Å²) in [6.07, 6.45) is 0.829. The molecule has 276 valence electrons. The average molecular weight is 853 g/mol. The summed E-state index contributed by atoms with van der Waals surface area (Å²) in [5, 5.41) is 20.6. The topological polar surface area (TPSA) is 187 Å². The van der Waals surface area contributed by atoms with Crippen LogP contribution in [0.2, 0.25) is 0 Å². The van der Waals surface area contributed by atoms with Crippen LogP contribution in [-0.4, -0.2) is 75.6 Å². The van der Waals surface area contributed by atoms with Gasteiger partial charge < -0.3 is 34.2 Å². The largest absolute Gasteiger partial charge is 0.478 e. The molecule has 4 aromatic carbocycles. The summed E-state index contributed by atoms with van der Waals surface area (Å²) in [4.78, 5) is 43.4. The van der Waals surface area contributed by atoms with Crippen LogP contribution in [0, 0.1) is 10.1 Å². The first-order valence-corrected chi connectivity index (χ1v) is 17.8. The van der Waals surface area contributed by atoms with Gasteiger partial charge in [-0.05, 0) is 60.2 Å². The number of nitrogens with two attached hydrogens (primary N) is 1. The number of nitro groups is 1. The molecule has 16 heteroatoms. The van der Waals surface area contributed by atoms with E-state index in [4.69, 9.17) is 24.9 Å². The number of rotatable bonds is 13. The molecule has 0 aliphatic heterocycles. The van der Waals surface area contributed by atoms with Crippen LogP contribution in [0.3, 0.4) is 0 Å². The molecule has 2 aromatic heterocycles. The first kappa shape index (κ1) is 39.1. The smallest absolute Gasteiger partial charge is 0.337 e. The highest BCUT2D eigenvalue weighted by Crippen LogP contribution is 2.28. The standard InChI is InChI=1S/C19H20BrN3O3.C18H16BrN3O5/c1-25-8-7-23-17-9-13(19(24)26-2)4-6-16(17)22-18(23)10-12-3-5-14(20)11-15(12)21;1-27-7-6-21-16-8-12(18(23)24)3-5-14(16)20-17(21)9-11-2-4-13(19)10-15(11)22(25)26/h3-6,9,11H,7-8,10,21H2,1-2H3;2-5,8,10H,6-7,9H2,1H3,(H,23,24). The number of carbonyl (C=O) groups excluding carboxylic acids is 1. The molecule has 0 aliphatic rings. The molecule has 0 fully saturated rings. The van der Waals surface area contributed by atoms with Gasteiger partial charge in [-0.15, -0.1) is 0 Å². The fourth-order valence-electron chi connectivity index (χ4n) is 5.78. The van der Waals surface area contributed by atoms with E-state index in [9.17, 15) is 24.8 Å². The number of carboxylic acid groups (broad SMARTS) is 1. The number of halogens is 2. The molecule has 0 saturated heterocycles. The molecular formula is C37H36Br2N6O8. The van der Waals surface area contributed by atoms with Crippen LogP contribution in [-0.2, 0) is 40.1 Å². The van der Waals surface area contributed by atoms with Gasteiger partial charge in [0, 0.05) is 66.4 Å². The van der Waals surface area contributed by atoms with E-state index in [2.05, 4.69) is 41.4 Å². The number of aromatic carboxylic acids is 1. The molecular weight excluding hydrogens is 816 g/mol. The Bertz CT molecular complexity index is 2300. The van der Waals surface area contributed by atoms with Gasteiger partial charge in [0.1, 0.15) is 11.6 Å². The zero-order chi connectivity index (χ0) is 38.2. The van der Waals surface area contributed by atoms with Gasteiger partial charge in [-0.2, -0.15) is 0 Å². The van der Waals surface area contributed by atoms with E-state index in [0.717, 1.165) is 26.9 Å². The molecule has 0 atom stereocenters. The number of hydrogen-bond acceptors (Lipinski definition) is 10. The summed E-state index contributed by atoms with van der Waals surface area (Å²) in [5.41, 5.74) is 12.0. The van der Waals surface area contributed by atoms with E-state index < -0.39 is 10.9 Å². The van der Waals surface area contributed by atoms with Crippen molar-refractivity contribution in [3.63, 3.8) is 0 Å². The predicted octanol–water partition coefficient (Wildman–Crippen LogP) is 7.05. The monoisotopic (exact) mass is 850 g/mol. The Morgan fingerprint density at radius 2 is 1.28 bits per heavy atom. The predicted molar refractivity (Wildman–Crippen MR) is 206 cm³/mol. The van der Waals surface area contributed by atoms with Crippen molar-refractivity contribution in [2.75, 3.05) is 40.3 Å². The van der Waals surface area contributed by atoms with Crippen LogP contribution in [0.1, 0.15) is 43.5 Å². The lowest BCUT2D eigenvalue weighted by molar-refractivity contribution is -0.385. The number of nitrogen functional groups attached to an aromatic ring is 1. The second-order valence-corrected chi connectivity index (χ2v) is 13.6. The van der Waals surface area contributed by atoms with Crippen LogP contribution in [0.15, 0.2) is 81.7 Å². The van der Waals surface area contributed by atoms with Crippen molar-refractivity contribution in [3.05, 3.63) is 126 Å². The van der Waals surface area contributed by atoms with Crippen molar-refractivity contribution in [1.82, 2.24) is 19.1 Å². The van der Waals surface area contributed by atoms with Gasteiger partial charge in [0.2, 0.25) is 0 Å². The van der Waals surface area contributed by atoms with Gasteiger partial charge in [0.15, 0.2) is 0 Å². The number of esters is 1. The lowest BCUT2D eigenvalue weighted by Crippen LogP contribution is -2.10. The number of fused-ring (bicyclic) bond motifs is 2. The Balaban J connectivity index is 0.000000204. The van der Waals surface area contributed by atoms with Gasteiger partial charge in [-0.3, -0.25) is 10.1 Å². The van der Waals surface area contributed by atoms with Crippen LogP contribution < -0.4 is 5.73 Å². The maximum atomic E-state index is 11.9. The molecule has 0 spiro atoms. The number of hydrogen-bond donors (Lipinski definition) is 2. The molecule has 0 saturated carbocycles. The third kappa shape index (κ3) is 9.26. The first-order chi connectivity index (χ1) is 25.4. The van der Waals surface area contributed by atoms with Crippen LogP contribution in [0.4, 0.5) is 11.4 Å². The van der Waals surface area contributed by atoms with Crippen LogP contribution in [0.5, 0.6) is 0 Å². The maximum absolute atomic E-state index is 11.9. The number of methoxy groups -OCH3 is 3. The number of aromatic nitrogens is 4. The van der Waals surface area contributed by atoms with E-state index >= 15 is 0 Å². The molecule has 0 unspecified atom stereocenters. The number of carboxylic acids is 1. The maximum Gasteiger partial charge on any atom is 0.337 e.